The maximum Gasteiger partial charge on any atom is 0.232 e. The fourth-order valence-corrected chi connectivity index (χ4v) is 4.86. The van der Waals surface area contributed by atoms with Gasteiger partial charge in [0, 0.05) is 38.3 Å². The van der Waals surface area contributed by atoms with E-state index in [1.165, 1.54) is 32.1 Å². The predicted molar refractivity (Wildman–Crippen MR) is 139 cm³/mol. The lowest BCUT2D eigenvalue weighted by Gasteiger charge is -2.36. The van der Waals surface area contributed by atoms with Crippen molar-refractivity contribution >= 4 is 34.9 Å². The van der Waals surface area contributed by atoms with Crippen molar-refractivity contribution in [2.45, 2.75) is 58.5 Å². The molecule has 3 heterocycles. The van der Waals surface area contributed by atoms with E-state index >= 15 is 0 Å². The lowest BCUT2D eigenvalue weighted by Crippen LogP contribution is -2.39. The first kappa shape index (κ1) is 23.5. The van der Waals surface area contributed by atoms with Crippen molar-refractivity contribution in [2.24, 2.45) is 5.92 Å². The van der Waals surface area contributed by atoms with Crippen LogP contribution in [0.2, 0.25) is 0 Å². The van der Waals surface area contributed by atoms with Crippen LogP contribution in [0.1, 0.15) is 51.5 Å². The van der Waals surface area contributed by atoms with Gasteiger partial charge in [-0.2, -0.15) is 9.97 Å². The molecule has 1 aromatic carbocycles. The van der Waals surface area contributed by atoms with E-state index in [1.54, 1.807) is 7.11 Å². The summed E-state index contributed by atoms with van der Waals surface area (Å²) >= 11 is 5.57. The van der Waals surface area contributed by atoms with E-state index in [2.05, 4.69) is 40.3 Å². The van der Waals surface area contributed by atoms with Crippen molar-refractivity contribution in [3.63, 3.8) is 0 Å². The monoisotopic (exact) mass is 468 g/mol. The summed E-state index contributed by atoms with van der Waals surface area (Å²) in [5.41, 5.74) is 1.12. The highest BCUT2D eigenvalue weighted by Gasteiger charge is 2.24. The molecule has 2 atom stereocenters. The number of thiocarbonyl (C=S) groups is 1. The van der Waals surface area contributed by atoms with E-state index in [1.807, 2.05) is 24.3 Å². The zero-order valence-electron chi connectivity index (χ0n) is 20.0. The topological polar surface area (TPSA) is 65.6 Å². The molecule has 2 N–H and O–H groups in total. The number of anilines is 3. The SMILES string of the molecule is COc1ccc(CNC(=S)Nc2nc(N3CCC[C@H](C)C3)cc(N3CCCC[C@@H]3C)n2)cc1. The van der Waals surface area contributed by atoms with E-state index < -0.39 is 0 Å². The highest BCUT2D eigenvalue weighted by atomic mass is 32.1. The van der Waals surface area contributed by atoms with E-state index in [9.17, 15) is 0 Å². The molecular formula is C25H36N6OS. The van der Waals surface area contributed by atoms with Crippen LogP contribution >= 0.6 is 12.2 Å². The van der Waals surface area contributed by atoms with Gasteiger partial charge < -0.3 is 25.2 Å². The first-order chi connectivity index (χ1) is 16.0. The molecule has 8 heteroatoms. The van der Waals surface area contributed by atoms with Gasteiger partial charge in [0.05, 0.1) is 7.11 Å². The number of ether oxygens (including phenoxy) is 1. The van der Waals surface area contributed by atoms with Crippen molar-refractivity contribution in [1.29, 1.82) is 0 Å². The van der Waals surface area contributed by atoms with Gasteiger partial charge in [-0.05, 0) is 74.9 Å². The van der Waals surface area contributed by atoms with Crippen molar-refractivity contribution < 1.29 is 4.74 Å². The highest BCUT2D eigenvalue weighted by Crippen LogP contribution is 2.29. The van der Waals surface area contributed by atoms with Gasteiger partial charge in [-0.1, -0.05) is 19.1 Å². The first-order valence-electron chi connectivity index (χ1n) is 12.1. The van der Waals surface area contributed by atoms with Crippen molar-refractivity contribution in [3.05, 3.63) is 35.9 Å². The van der Waals surface area contributed by atoms with E-state index in [0.717, 1.165) is 42.6 Å². The Labute approximate surface area is 202 Å². The summed E-state index contributed by atoms with van der Waals surface area (Å²) in [7, 11) is 1.67. The molecular weight excluding hydrogens is 432 g/mol. The third-order valence-electron chi connectivity index (χ3n) is 6.61. The van der Waals surface area contributed by atoms with Gasteiger partial charge in [0.25, 0.3) is 0 Å². The molecule has 0 aliphatic carbocycles. The van der Waals surface area contributed by atoms with Crippen LogP contribution in [0.3, 0.4) is 0 Å². The minimum absolute atomic E-state index is 0.481. The van der Waals surface area contributed by atoms with Gasteiger partial charge in [0.1, 0.15) is 17.4 Å². The molecule has 2 aliphatic rings. The molecule has 0 bridgehead atoms. The Morgan fingerprint density at radius 1 is 1.06 bits per heavy atom. The first-order valence-corrected chi connectivity index (χ1v) is 12.5. The summed E-state index contributed by atoms with van der Waals surface area (Å²) in [4.78, 5) is 14.5. The smallest absolute Gasteiger partial charge is 0.232 e. The molecule has 2 fully saturated rings. The van der Waals surface area contributed by atoms with E-state index in [0.29, 0.717) is 29.6 Å². The summed E-state index contributed by atoms with van der Waals surface area (Å²) in [6.07, 6.45) is 6.16. The number of piperidine rings is 2. The predicted octanol–water partition coefficient (Wildman–Crippen LogP) is 4.59. The van der Waals surface area contributed by atoms with Gasteiger partial charge in [0.15, 0.2) is 5.11 Å². The second kappa shape index (κ2) is 11.0. The Balaban J connectivity index is 1.49. The number of hydrogen-bond donors (Lipinski definition) is 2. The number of nitrogens with zero attached hydrogens (tertiary/aromatic N) is 4. The number of benzene rings is 1. The summed E-state index contributed by atoms with van der Waals surface area (Å²) < 4.78 is 5.23. The summed E-state index contributed by atoms with van der Waals surface area (Å²) in [5, 5.41) is 7.03. The normalized spacial score (nSPS) is 20.9. The average Bonchev–Trinajstić information content (AvgIpc) is 2.83. The quantitative estimate of drug-likeness (QED) is 0.597. The van der Waals surface area contributed by atoms with Crippen LogP contribution in [0.5, 0.6) is 5.75 Å². The third-order valence-corrected chi connectivity index (χ3v) is 6.86. The van der Waals surface area contributed by atoms with Gasteiger partial charge in [-0.15, -0.1) is 0 Å². The maximum absolute atomic E-state index is 5.57. The number of aromatic nitrogens is 2. The summed E-state index contributed by atoms with van der Waals surface area (Å²) in [5.74, 6) is 4.06. The maximum atomic E-state index is 5.57. The van der Waals surface area contributed by atoms with Crippen LogP contribution in [-0.2, 0) is 6.54 Å². The zero-order valence-corrected chi connectivity index (χ0v) is 20.8. The van der Waals surface area contributed by atoms with Gasteiger partial charge in [0.2, 0.25) is 5.95 Å². The Kier molecular flexibility index (Phi) is 7.85. The summed E-state index contributed by atoms with van der Waals surface area (Å²) in [6.45, 7) is 8.33. The van der Waals surface area contributed by atoms with E-state index in [4.69, 9.17) is 26.9 Å². The Morgan fingerprint density at radius 2 is 1.85 bits per heavy atom. The Morgan fingerprint density at radius 3 is 2.58 bits per heavy atom. The molecule has 0 saturated carbocycles. The van der Waals surface area contributed by atoms with Crippen molar-refractivity contribution in [1.82, 2.24) is 15.3 Å². The molecule has 0 radical (unpaired) electrons. The van der Waals surface area contributed by atoms with Crippen LogP contribution in [0.4, 0.5) is 17.6 Å². The largest absolute Gasteiger partial charge is 0.497 e. The zero-order chi connectivity index (χ0) is 23.2. The van der Waals surface area contributed by atoms with Crippen LogP contribution in [-0.4, -0.2) is 47.9 Å². The molecule has 178 valence electrons. The lowest BCUT2D eigenvalue weighted by molar-refractivity contribution is 0.414. The minimum Gasteiger partial charge on any atom is -0.497 e. The second-order valence-electron chi connectivity index (χ2n) is 9.30. The number of rotatable bonds is 6. The van der Waals surface area contributed by atoms with Crippen LogP contribution < -0.4 is 25.2 Å². The van der Waals surface area contributed by atoms with Gasteiger partial charge in [-0.25, -0.2) is 0 Å². The number of nitrogens with one attached hydrogen (secondary N) is 2. The third kappa shape index (κ3) is 6.25. The van der Waals surface area contributed by atoms with Crippen molar-refractivity contribution in [2.75, 3.05) is 41.9 Å². The molecule has 0 unspecified atom stereocenters. The molecule has 2 aliphatic heterocycles. The second-order valence-corrected chi connectivity index (χ2v) is 9.70. The van der Waals surface area contributed by atoms with Crippen molar-refractivity contribution in [3.8, 4) is 5.75 Å². The molecule has 2 aromatic rings. The standard InChI is InChI=1S/C25H36N6OS/c1-18-7-6-13-30(17-18)22-15-23(31-14-5-4-8-19(31)2)28-24(27-22)29-25(33)26-16-20-9-11-21(32-3)12-10-20/h9-12,15,18-19H,4-8,13-14,16-17H2,1-3H3,(H2,26,27,28,29,33)/t18-,19-/m0/s1. The highest BCUT2D eigenvalue weighted by molar-refractivity contribution is 7.80. The van der Waals surface area contributed by atoms with Gasteiger partial charge >= 0.3 is 0 Å². The average molecular weight is 469 g/mol. The lowest BCUT2D eigenvalue weighted by atomic mass is 10.0. The molecule has 7 nitrogen and oxygen atoms in total. The van der Waals surface area contributed by atoms with Gasteiger partial charge in [-0.3, -0.25) is 0 Å². The van der Waals surface area contributed by atoms with E-state index in [-0.39, 0.29) is 0 Å². The summed E-state index contributed by atoms with van der Waals surface area (Å²) in [6, 6.07) is 10.6. The molecule has 33 heavy (non-hydrogen) atoms. The number of hydrogen-bond acceptors (Lipinski definition) is 6. The molecule has 4 rings (SSSR count). The molecule has 0 spiro atoms. The fraction of sp³-hybridized carbons (Fsp3) is 0.560. The molecule has 0 amide bonds. The molecule has 2 saturated heterocycles. The van der Waals surface area contributed by atoms with Crippen LogP contribution in [0, 0.1) is 5.92 Å². The Bertz CT molecular complexity index is 937. The fourth-order valence-electron chi connectivity index (χ4n) is 4.69. The Hall–Kier alpha value is -2.61. The minimum atomic E-state index is 0.481. The van der Waals surface area contributed by atoms with Crippen LogP contribution in [0.25, 0.3) is 0 Å². The molecule has 1 aromatic heterocycles. The number of methoxy groups -OCH3 is 1. The van der Waals surface area contributed by atoms with Crippen LogP contribution in [0.15, 0.2) is 30.3 Å².